The fourth-order valence-electron chi connectivity index (χ4n) is 1.92. The number of hydrogen-bond acceptors (Lipinski definition) is 3. The number of nitrogens with zero attached hydrogens (tertiary/aromatic N) is 1. The van der Waals surface area contributed by atoms with Crippen molar-refractivity contribution in [3.63, 3.8) is 0 Å². The van der Waals surface area contributed by atoms with Crippen molar-refractivity contribution in [2.75, 3.05) is 26.8 Å². The lowest BCUT2D eigenvalue weighted by Gasteiger charge is -2.43. The van der Waals surface area contributed by atoms with Crippen LogP contribution >= 0.6 is 0 Å². The van der Waals surface area contributed by atoms with Gasteiger partial charge in [0.2, 0.25) is 0 Å². The van der Waals surface area contributed by atoms with Crippen LogP contribution in [-0.2, 0) is 4.74 Å². The lowest BCUT2D eigenvalue weighted by molar-refractivity contribution is 0.0859. The first-order chi connectivity index (χ1) is 6.57. The molecule has 3 nitrogen and oxygen atoms in total. The molecule has 0 aromatic carbocycles. The molecule has 0 unspecified atom stereocenters. The second-order valence-corrected chi connectivity index (χ2v) is 4.77. The van der Waals surface area contributed by atoms with Gasteiger partial charge in [0, 0.05) is 31.8 Å². The van der Waals surface area contributed by atoms with Crippen molar-refractivity contribution in [3.05, 3.63) is 0 Å². The fraction of sp³-hybridized carbons (Fsp3) is 1.00. The second-order valence-electron chi connectivity index (χ2n) is 4.77. The number of methoxy groups -OCH3 is 1. The average Bonchev–Trinajstić information content (AvgIpc) is 2.09. The van der Waals surface area contributed by atoms with Gasteiger partial charge in [-0.25, -0.2) is 0 Å². The van der Waals surface area contributed by atoms with Crippen LogP contribution in [0.3, 0.4) is 0 Å². The van der Waals surface area contributed by atoms with Crippen molar-refractivity contribution in [1.29, 1.82) is 0 Å². The minimum Gasteiger partial charge on any atom is -0.383 e. The summed E-state index contributed by atoms with van der Waals surface area (Å²) in [4.78, 5) is 2.42. The van der Waals surface area contributed by atoms with E-state index in [1.807, 2.05) is 0 Å². The summed E-state index contributed by atoms with van der Waals surface area (Å²) in [5, 5.41) is 0. The van der Waals surface area contributed by atoms with Crippen LogP contribution in [0.25, 0.3) is 0 Å². The molecule has 1 aliphatic carbocycles. The van der Waals surface area contributed by atoms with Gasteiger partial charge in [0.15, 0.2) is 0 Å². The van der Waals surface area contributed by atoms with E-state index in [2.05, 4.69) is 18.7 Å². The predicted molar refractivity (Wildman–Crippen MR) is 59.4 cm³/mol. The molecule has 0 aliphatic heterocycles. The van der Waals surface area contributed by atoms with Gasteiger partial charge >= 0.3 is 0 Å². The molecule has 0 amide bonds. The average molecular weight is 200 g/mol. The van der Waals surface area contributed by atoms with Crippen LogP contribution in [0.2, 0.25) is 0 Å². The van der Waals surface area contributed by atoms with Gasteiger partial charge in [-0.05, 0) is 33.1 Å². The van der Waals surface area contributed by atoms with Crippen LogP contribution in [0.15, 0.2) is 0 Å². The summed E-state index contributed by atoms with van der Waals surface area (Å²) in [5.41, 5.74) is 6.33. The van der Waals surface area contributed by atoms with Gasteiger partial charge in [-0.1, -0.05) is 0 Å². The van der Waals surface area contributed by atoms with E-state index in [0.717, 1.165) is 19.7 Å². The van der Waals surface area contributed by atoms with Crippen LogP contribution in [0.5, 0.6) is 0 Å². The molecule has 3 heteroatoms. The Morgan fingerprint density at radius 2 is 2.07 bits per heavy atom. The summed E-state index contributed by atoms with van der Waals surface area (Å²) in [5.74, 6) is 0. The zero-order chi connectivity index (χ0) is 10.6. The molecule has 1 rings (SSSR count). The van der Waals surface area contributed by atoms with Crippen molar-refractivity contribution in [3.8, 4) is 0 Å². The molecule has 0 spiro atoms. The van der Waals surface area contributed by atoms with Gasteiger partial charge < -0.3 is 10.5 Å². The van der Waals surface area contributed by atoms with Crippen LogP contribution < -0.4 is 5.73 Å². The summed E-state index contributed by atoms with van der Waals surface area (Å²) >= 11 is 0. The Hall–Kier alpha value is -0.120. The lowest BCUT2D eigenvalue weighted by Crippen LogP contribution is -2.56. The Labute approximate surface area is 87.6 Å². The summed E-state index contributed by atoms with van der Waals surface area (Å²) in [6.07, 6.45) is 3.67. The Bertz CT molecular complexity index is 167. The molecule has 0 bridgehead atoms. The highest BCUT2D eigenvalue weighted by atomic mass is 16.5. The topological polar surface area (TPSA) is 38.5 Å². The standard InChI is InChI=1S/C11H24N2O/c1-10(2)13(7-8-14-3)9-11(12)5-4-6-11/h10H,4-9,12H2,1-3H3. The Morgan fingerprint density at radius 1 is 1.43 bits per heavy atom. The molecule has 0 saturated heterocycles. The minimum atomic E-state index is 0.0952. The summed E-state index contributed by atoms with van der Waals surface area (Å²) < 4.78 is 5.11. The van der Waals surface area contributed by atoms with Gasteiger partial charge in [-0.2, -0.15) is 0 Å². The van der Waals surface area contributed by atoms with E-state index >= 15 is 0 Å². The van der Waals surface area contributed by atoms with Crippen LogP contribution in [0.1, 0.15) is 33.1 Å². The van der Waals surface area contributed by atoms with Crippen LogP contribution in [0.4, 0.5) is 0 Å². The maximum Gasteiger partial charge on any atom is 0.0589 e. The summed E-state index contributed by atoms with van der Waals surface area (Å²) in [6.45, 7) is 7.25. The van der Waals surface area contributed by atoms with Crippen molar-refractivity contribution in [2.24, 2.45) is 5.73 Å². The van der Waals surface area contributed by atoms with Gasteiger partial charge in [-0.3, -0.25) is 4.90 Å². The van der Waals surface area contributed by atoms with E-state index in [4.69, 9.17) is 10.5 Å². The van der Waals surface area contributed by atoms with E-state index in [9.17, 15) is 0 Å². The molecule has 1 saturated carbocycles. The molecular formula is C11H24N2O. The quantitative estimate of drug-likeness (QED) is 0.701. The van der Waals surface area contributed by atoms with Crippen molar-refractivity contribution >= 4 is 0 Å². The van der Waals surface area contributed by atoms with Crippen molar-refractivity contribution < 1.29 is 4.74 Å². The monoisotopic (exact) mass is 200 g/mol. The SMILES string of the molecule is COCCN(CC1(N)CCC1)C(C)C. The minimum absolute atomic E-state index is 0.0952. The largest absolute Gasteiger partial charge is 0.383 e. The first kappa shape index (κ1) is 12.0. The molecule has 0 radical (unpaired) electrons. The Kier molecular flexibility index (Phi) is 4.35. The summed E-state index contributed by atoms with van der Waals surface area (Å²) in [6, 6.07) is 0.561. The zero-order valence-corrected chi connectivity index (χ0v) is 9.75. The highest BCUT2D eigenvalue weighted by Crippen LogP contribution is 2.30. The van der Waals surface area contributed by atoms with E-state index in [1.54, 1.807) is 7.11 Å². The molecule has 1 aliphatic rings. The molecule has 84 valence electrons. The Morgan fingerprint density at radius 3 is 2.43 bits per heavy atom. The van der Waals surface area contributed by atoms with E-state index in [-0.39, 0.29) is 5.54 Å². The molecule has 2 N–H and O–H groups in total. The maximum atomic E-state index is 6.23. The van der Waals surface area contributed by atoms with E-state index in [0.29, 0.717) is 6.04 Å². The third-order valence-electron chi connectivity index (χ3n) is 3.18. The first-order valence-corrected chi connectivity index (χ1v) is 5.59. The number of nitrogens with two attached hydrogens (primary N) is 1. The predicted octanol–water partition coefficient (Wildman–Crippen LogP) is 1.22. The third kappa shape index (κ3) is 3.23. The Balaban J connectivity index is 2.34. The highest BCUT2D eigenvalue weighted by Gasteiger charge is 2.34. The molecule has 1 fully saturated rings. The van der Waals surface area contributed by atoms with Crippen LogP contribution in [-0.4, -0.2) is 43.3 Å². The molecule has 0 heterocycles. The van der Waals surface area contributed by atoms with Gasteiger partial charge in [-0.15, -0.1) is 0 Å². The second kappa shape index (κ2) is 5.10. The van der Waals surface area contributed by atoms with Crippen molar-refractivity contribution in [1.82, 2.24) is 4.90 Å². The number of hydrogen-bond donors (Lipinski definition) is 1. The van der Waals surface area contributed by atoms with Gasteiger partial charge in [0.25, 0.3) is 0 Å². The van der Waals surface area contributed by atoms with Crippen LogP contribution in [0, 0.1) is 0 Å². The molecule has 14 heavy (non-hydrogen) atoms. The molecule has 0 aromatic rings. The smallest absolute Gasteiger partial charge is 0.0589 e. The lowest BCUT2D eigenvalue weighted by atomic mass is 9.77. The van der Waals surface area contributed by atoms with Gasteiger partial charge in [0.05, 0.1) is 6.61 Å². The maximum absolute atomic E-state index is 6.23. The van der Waals surface area contributed by atoms with E-state index < -0.39 is 0 Å². The normalized spacial score (nSPS) is 20.1. The third-order valence-corrected chi connectivity index (χ3v) is 3.18. The fourth-order valence-corrected chi connectivity index (χ4v) is 1.92. The molecule has 0 atom stereocenters. The molecule has 0 aromatic heterocycles. The highest BCUT2D eigenvalue weighted by molar-refractivity contribution is 4.95. The van der Waals surface area contributed by atoms with Crippen molar-refractivity contribution in [2.45, 2.75) is 44.7 Å². The number of rotatable bonds is 6. The number of ether oxygens (including phenoxy) is 1. The van der Waals surface area contributed by atoms with E-state index in [1.165, 1.54) is 19.3 Å². The van der Waals surface area contributed by atoms with Gasteiger partial charge in [0.1, 0.15) is 0 Å². The summed E-state index contributed by atoms with van der Waals surface area (Å²) in [7, 11) is 1.75. The zero-order valence-electron chi connectivity index (χ0n) is 9.75. The molecular weight excluding hydrogens is 176 g/mol. The first-order valence-electron chi connectivity index (χ1n) is 5.59.